The van der Waals surface area contributed by atoms with Gasteiger partial charge in [0.2, 0.25) is 5.91 Å². The maximum atomic E-state index is 12.6. The van der Waals surface area contributed by atoms with Gasteiger partial charge in [-0.1, -0.05) is 29.8 Å². The molecule has 0 radical (unpaired) electrons. The summed E-state index contributed by atoms with van der Waals surface area (Å²) in [5.41, 5.74) is 2.04. The number of nitrogens with one attached hydrogen (secondary N) is 2. The number of aromatic nitrogens is 2. The van der Waals surface area contributed by atoms with Crippen molar-refractivity contribution in [2.24, 2.45) is 0 Å². The minimum atomic E-state index is -0.342. The van der Waals surface area contributed by atoms with Crippen LogP contribution in [0.5, 0.6) is 0 Å². The van der Waals surface area contributed by atoms with E-state index in [2.05, 4.69) is 21.7 Å². The van der Waals surface area contributed by atoms with Gasteiger partial charge in [-0.25, -0.2) is 4.98 Å². The van der Waals surface area contributed by atoms with Crippen molar-refractivity contribution in [2.75, 3.05) is 11.9 Å². The van der Waals surface area contributed by atoms with Crippen LogP contribution in [0.15, 0.2) is 54.7 Å². The Morgan fingerprint density at radius 3 is 2.93 bits per heavy atom. The molecule has 0 fully saturated rings. The lowest BCUT2D eigenvalue weighted by atomic mass is 10.1. The molecule has 7 nitrogen and oxygen atoms in total. The first-order valence-electron chi connectivity index (χ1n) is 8.97. The van der Waals surface area contributed by atoms with E-state index in [-0.39, 0.29) is 30.8 Å². The van der Waals surface area contributed by atoms with Crippen LogP contribution in [0.25, 0.3) is 11.4 Å². The molecular formula is C21H16ClN5O2. The Balaban J connectivity index is 1.65. The summed E-state index contributed by atoms with van der Waals surface area (Å²) in [6, 6.07) is 15.8. The zero-order valence-electron chi connectivity index (χ0n) is 15.2. The summed E-state index contributed by atoms with van der Waals surface area (Å²) >= 11 is 5.97. The first kappa shape index (κ1) is 18.7. The Kier molecular flexibility index (Phi) is 5.02. The topological polar surface area (TPSA) is 99.8 Å². The van der Waals surface area contributed by atoms with Crippen LogP contribution in [0, 0.1) is 11.3 Å². The normalized spacial score (nSPS) is 15.2. The summed E-state index contributed by atoms with van der Waals surface area (Å²) in [4.78, 5) is 29.3. The molecule has 2 aromatic carbocycles. The van der Waals surface area contributed by atoms with Crippen LogP contribution < -0.4 is 10.6 Å². The molecule has 2 amide bonds. The highest BCUT2D eigenvalue weighted by Gasteiger charge is 2.30. The van der Waals surface area contributed by atoms with Crippen molar-refractivity contribution in [3.05, 3.63) is 71.0 Å². The second-order valence-corrected chi connectivity index (χ2v) is 7.06. The predicted molar refractivity (Wildman–Crippen MR) is 108 cm³/mol. The molecule has 0 spiro atoms. The maximum Gasteiger partial charge on any atom is 0.269 e. The van der Waals surface area contributed by atoms with E-state index in [0.29, 0.717) is 33.4 Å². The average Bonchev–Trinajstić information content (AvgIpc) is 3.16. The summed E-state index contributed by atoms with van der Waals surface area (Å²) in [6.45, 7) is 0.285. The predicted octanol–water partition coefficient (Wildman–Crippen LogP) is 3.39. The molecule has 29 heavy (non-hydrogen) atoms. The van der Waals surface area contributed by atoms with Gasteiger partial charge in [0.05, 0.1) is 23.9 Å². The summed E-state index contributed by atoms with van der Waals surface area (Å²) in [5, 5.41) is 15.6. The number of benzene rings is 2. The van der Waals surface area contributed by atoms with Crippen LogP contribution in [-0.2, 0) is 4.79 Å². The quantitative estimate of drug-likeness (QED) is 0.694. The Labute approximate surface area is 171 Å². The molecule has 144 valence electrons. The van der Waals surface area contributed by atoms with Gasteiger partial charge in [0.25, 0.3) is 5.91 Å². The van der Waals surface area contributed by atoms with E-state index in [1.54, 1.807) is 47.0 Å². The fourth-order valence-corrected chi connectivity index (χ4v) is 3.61. The third-order valence-electron chi connectivity index (χ3n) is 4.71. The first-order valence-corrected chi connectivity index (χ1v) is 9.35. The molecule has 0 bridgehead atoms. The van der Waals surface area contributed by atoms with Gasteiger partial charge >= 0.3 is 0 Å². The van der Waals surface area contributed by atoms with Gasteiger partial charge in [-0.15, -0.1) is 0 Å². The SMILES string of the molecule is N#Cc1ccccc1-c1ncc2n1C(CC(=O)Nc1cccc(Cl)c1)CNC2=O. The van der Waals surface area contributed by atoms with Gasteiger partial charge < -0.3 is 15.2 Å². The number of hydrogen-bond acceptors (Lipinski definition) is 4. The highest BCUT2D eigenvalue weighted by atomic mass is 35.5. The zero-order valence-corrected chi connectivity index (χ0v) is 16.0. The van der Waals surface area contributed by atoms with Gasteiger partial charge in [0, 0.05) is 29.2 Å². The molecule has 8 heteroatoms. The van der Waals surface area contributed by atoms with Crippen LogP contribution in [0.2, 0.25) is 5.02 Å². The van der Waals surface area contributed by atoms with Crippen molar-refractivity contribution < 1.29 is 9.59 Å². The molecule has 1 aliphatic heterocycles. The Morgan fingerprint density at radius 1 is 1.31 bits per heavy atom. The van der Waals surface area contributed by atoms with E-state index >= 15 is 0 Å². The number of carbonyl (C=O) groups excluding carboxylic acids is 2. The van der Waals surface area contributed by atoms with Gasteiger partial charge in [0.1, 0.15) is 11.5 Å². The van der Waals surface area contributed by atoms with Gasteiger partial charge in [-0.2, -0.15) is 5.26 Å². The molecule has 2 heterocycles. The lowest BCUT2D eigenvalue weighted by molar-refractivity contribution is -0.117. The molecule has 0 saturated carbocycles. The van der Waals surface area contributed by atoms with E-state index < -0.39 is 0 Å². The third kappa shape index (κ3) is 3.71. The Hall–Kier alpha value is -3.63. The number of nitriles is 1. The summed E-state index contributed by atoms with van der Waals surface area (Å²) < 4.78 is 1.74. The molecule has 1 atom stereocenters. The van der Waals surface area contributed by atoms with E-state index in [1.807, 2.05) is 6.07 Å². The van der Waals surface area contributed by atoms with Crippen LogP contribution in [0.3, 0.4) is 0 Å². The number of halogens is 1. The van der Waals surface area contributed by atoms with Crippen molar-refractivity contribution in [1.82, 2.24) is 14.9 Å². The van der Waals surface area contributed by atoms with Gasteiger partial charge in [0.15, 0.2) is 0 Å². The summed E-state index contributed by atoms with van der Waals surface area (Å²) in [6.07, 6.45) is 1.59. The lowest BCUT2D eigenvalue weighted by Crippen LogP contribution is -2.40. The largest absolute Gasteiger partial charge is 0.349 e. The number of imidazole rings is 1. The lowest BCUT2D eigenvalue weighted by Gasteiger charge is -2.27. The molecule has 1 aromatic heterocycles. The second-order valence-electron chi connectivity index (χ2n) is 6.62. The number of nitrogens with zero attached hydrogens (tertiary/aromatic N) is 3. The van der Waals surface area contributed by atoms with Crippen LogP contribution >= 0.6 is 11.6 Å². The van der Waals surface area contributed by atoms with Gasteiger partial charge in [-0.05, 0) is 30.3 Å². The van der Waals surface area contributed by atoms with Crippen LogP contribution in [-0.4, -0.2) is 27.9 Å². The van der Waals surface area contributed by atoms with Crippen molar-refractivity contribution in [1.29, 1.82) is 5.26 Å². The number of anilines is 1. The third-order valence-corrected chi connectivity index (χ3v) is 4.95. The number of fused-ring (bicyclic) bond motifs is 1. The molecule has 1 aliphatic rings. The Bertz CT molecular complexity index is 1150. The molecule has 0 saturated heterocycles. The number of amides is 2. The summed E-state index contributed by atoms with van der Waals surface area (Å²) in [7, 11) is 0. The molecular weight excluding hydrogens is 390 g/mol. The maximum absolute atomic E-state index is 12.6. The molecule has 0 aliphatic carbocycles. The summed E-state index contributed by atoms with van der Waals surface area (Å²) in [5.74, 6) is 0.0184. The first-order chi connectivity index (χ1) is 14.1. The second kappa shape index (κ2) is 7.78. The molecule has 4 rings (SSSR count). The molecule has 3 aromatic rings. The van der Waals surface area contributed by atoms with Crippen molar-refractivity contribution in [2.45, 2.75) is 12.5 Å². The van der Waals surface area contributed by atoms with Gasteiger partial charge in [-0.3, -0.25) is 9.59 Å². The van der Waals surface area contributed by atoms with Crippen LogP contribution in [0.1, 0.15) is 28.5 Å². The minimum Gasteiger partial charge on any atom is -0.349 e. The van der Waals surface area contributed by atoms with Crippen molar-refractivity contribution in [3.8, 4) is 17.5 Å². The van der Waals surface area contributed by atoms with E-state index in [1.165, 1.54) is 6.20 Å². The molecule has 2 N–H and O–H groups in total. The number of carbonyl (C=O) groups is 2. The van der Waals surface area contributed by atoms with E-state index in [9.17, 15) is 14.9 Å². The van der Waals surface area contributed by atoms with Crippen LogP contribution in [0.4, 0.5) is 5.69 Å². The minimum absolute atomic E-state index is 0.123. The smallest absolute Gasteiger partial charge is 0.269 e. The van der Waals surface area contributed by atoms with E-state index in [4.69, 9.17) is 11.6 Å². The van der Waals surface area contributed by atoms with Crippen molar-refractivity contribution >= 4 is 29.1 Å². The van der Waals surface area contributed by atoms with Crippen molar-refractivity contribution in [3.63, 3.8) is 0 Å². The fourth-order valence-electron chi connectivity index (χ4n) is 3.42. The molecule has 1 unspecified atom stereocenters. The number of rotatable bonds is 4. The standard InChI is InChI=1S/C21H16ClN5O2/c22-14-5-3-6-15(8-14)26-19(28)9-16-11-25-21(29)18-12-24-20(27(16)18)17-7-2-1-4-13(17)10-23/h1-8,12,16H,9,11H2,(H,25,29)(H,26,28). The van der Waals surface area contributed by atoms with E-state index in [0.717, 1.165) is 0 Å². The highest BCUT2D eigenvalue weighted by Crippen LogP contribution is 2.30. The highest BCUT2D eigenvalue weighted by molar-refractivity contribution is 6.30. The number of hydrogen-bond donors (Lipinski definition) is 2. The Morgan fingerprint density at radius 2 is 2.14 bits per heavy atom. The monoisotopic (exact) mass is 405 g/mol. The fraction of sp³-hybridized carbons (Fsp3) is 0.143. The average molecular weight is 406 g/mol. The zero-order chi connectivity index (χ0) is 20.4.